The number of piperazine rings is 1. The fourth-order valence-electron chi connectivity index (χ4n) is 3.46. The summed E-state index contributed by atoms with van der Waals surface area (Å²) in [6.45, 7) is 3.75. The maximum absolute atomic E-state index is 12.7. The van der Waals surface area contributed by atoms with Crippen molar-refractivity contribution in [3.05, 3.63) is 0 Å². The second kappa shape index (κ2) is 3.97. The van der Waals surface area contributed by atoms with E-state index in [1.54, 1.807) is 0 Å². The van der Waals surface area contributed by atoms with E-state index < -0.39 is 5.54 Å². The molecule has 100 valence electrons. The highest BCUT2D eigenvalue weighted by Gasteiger charge is 2.52. The van der Waals surface area contributed by atoms with Crippen molar-refractivity contribution >= 4 is 11.8 Å². The molecule has 3 aliphatic rings. The number of nitrogens with zero attached hydrogens (tertiary/aromatic N) is 1. The van der Waals surface area contributed by atoms with Crippen molar-refractivity contribution in [1.29, 1.82) is 0 Å². The van der Waals surface area contributed by atoms with Gasteiger partial charge in [-0.1, -0.05) is 12.8 Å². The normalized spacial score (nSPS) is 32.8. The molecule has 18 heavy (non-hydrogen) atoms. The van der Waals surface area contributed by atoms with Crippen LogP contribution in [0.1, 0.15) is 52.4 Å². The van der Waals surface area contributed by atoms with Crippen molar-refractivity contribution in [2.24, 2.45) is 5.92 Å². The average Bonchev–Trinajstić information content (AvgIpc) is 3.01. The molecule has 3 fully saturated rings. The summed E-state index contributed by atoms with van der Waals surface area (Å²) in [7, 11) is 0. The molecule has 1 aliphatic heterocycles. The van der Waals surface area contributed by atoms with Crippen LogP contribution in [0.5, 0.6) is 0 Å². The predicted octanol–water partition coefficient (Wildman–Crippen LogP) is 1.44. The number of carbonyl (C=O) groups excluding carboxylic acids is 2. The molecule has 1 N–H and O–H groups in total. The molecule has 1 saturated heterocycles. The summed E-state index contributed by atoms with van der Waals surface area (Å²) >= 11 is 0. The van der Waals surface area contributed by atoms with Crippen LogP contribution in [0.4, 0.5) is 0 Å². The first-order valence-electron chi connectivity index (χ1n) is 7.16. The molecule has 0 aromatic rings. The summed E-state index contributed by atoms with van der Waals surface area (Å²) in [6.07, 6.45) is 6.63. The van der Waals surface area contributed by atoms with E-state index in [4.69, 9.17) is 0 Å². The Morgan fingerprint density at radius 2 is 1.72 bits per heavy atom. The molecule has 0 aromatic heterocycles. The monoisotopic (exact) mass is 250 g/mol. The van der Waals surface area contributed by atoms with Crippen LogP contribution in [0.25, 0.3) is 0 Å². The largest absolute Gasteiger partial charge is 0.342 e. The molecule has 1 unspecified atom stereocenters. The highest BCUT2D eigenvalue weighted by Crippen LogP contribution is 2.39. The van der Waals surface area contributed by atoms with Crippen LogP contribution >= 0.6 is 0 Å². The van der Waals surface area contributed by atoms with E-state index >= 15 is 0 Å². The number of hydrogen-bond donors (Lipinski definition) is 1. The highest BCUT2D eigenvalue weighted by atomic mass is 16.2. The Kier molecular flexibility index (Phi) is 2.65. The molecule has 4 nitrogen and oxygen atoms in total. The van der Waals surface area contributed by atoms with E-state index in [1.807, 2.05) is 18.7 Å². The molecular weight excluding hydrogens is 228 g/mol. The molecule has 0 aromatic carbocycles. The maximum Gasteiger partial charge on any atom is 0.246 e. The van der Waals surface area contributed by atoms with Crippen molar-refractivity contribution in [2.45, 2.75) is 70.0 Å². The Morgan fingerprint density at radius 1 is 1.11 bits per heavy atom. The van der Waals surface area contributed by atoms with Gasteiger partial charge in [-0.3, -0.25) is 9.59 Å². The second-order valence-corrected chi connectivity index (χ2v) is 6.49. The fraction of sp³-hybridized carbons (Fsp3) is 0.857. The predicted molar refractivity (Wildman–Crippen MR) is 67.8 cm³/mol. The lowest BCUT2D eigenvalue weighted by Crippen LogP contribution is -2.70. The summed E-state index contributed by atoms with van der Waals surface area (Å²) in [4.78, 5) is 26.8. The van der Waals surface area contributed by atoms with Crippen LogP contribution < -0.4 is 5.32 Å². The van der Waals surface area contributed by atoms with Gasteiger partial charge < -0.3 is 10.2 Å². The van der Waals surface area contributed by atoms with Gasteiger partial charge in [0.05, 0.1) is 0 Å². The van der Waals surface area contributed by atoms with Crippen molar-refractivity contribution in [1.82, 2.24) is 10.2 Å². The number of amides is 2. The van der Waals surface area contributed by atoms with Gasteiger partial charge in [-0.15, -0.1) is 0 Å². The van der Waals surface area contributed by atoms with Gasteiger partial charge in [0.15, 0.2) is 0 Å². The Morgan fingerprint density at radius 3 is 2.28 bits per heavy atom. The zero-order chi connectivity index (χ0) is 12.9. The quantitative estimate of drug-likeness (QED) is 0.806. The van der Waals surface area contributed by atoms with Gasteiger partial charge in [0, 0.05) is 6.04 Å². The number of nitrogens with one attached hydrogen (secondary N) is 1. The lowest BCUT2D eigenvalue weighted by molar-refractivity contribution is -0.159. The summed E-state index contributed by atoms with van der Waals surface area (Å²) in [5.74, 6) is 0.571. The summed E-state index contributed by atoms with van der Waals surface area (Å²) in [6, 6.07) is 0.0333. The minimum absolute atomic E-state index is 0.0194. The van der Waals surface area contributed by atoms with Crippen LogP contribution in [-0.2, 0) is 9.59 Å². The van der Waals surface area contributed by atoms with Crippen LogP contribution in [0.3, 0.4) is 0 Å². The Hall–Kier alpha value is -1.06. The molecule has 0 radical (unpaired) electrons. The molecule has 1 heterocycles. The van der Waals surface area contributed by atoms with Crippen LogP contribution in [0.15, 0.2) is 0 Å². The molecule has 2 saturated carbocycles. The van der Waals surface area contributed by atoms with Gasteiger partial charge in [0.1, 0.15) is 11.6 Å². The van der Waals surface area contributed by atoms with Gasteiger partial charge in [-0.25, -0.2) is 0 Å². The Balaban J connectivity index is 1.89. The van der Waals surface area contributed by atoms with Gasteiger partial charge in [0.2, 0.25) is 11.8 Å². The van der Waals surface area contributed by atoms with E-state index in [2.05, 4.69) is 5.32 Å². The molecule has 0 spiro atoms. The van der Waals surface area contributed by atoms with Gasteiger partial charge >= 0.3 is 0 Å². The smallest absolute Gasteiger partial charge is 0.246 e. The fourth-order valence-corrected chi connectivity index (χ4v) is 3.46. The van der Waals surface area contributed by atoms with E-state index in [1.165, 1.54) is 12.8 Å². The standard InChI is InChI=1S/C14H22N2O2/c1-14(2)13(18)15-11(9-7-8-9)12(17)16(14)10-5-3-4-6-10/h9-11H,3-8H2,1-2H3,(H,15,18). The lowest BCUT2D eigenvalue weighted by atomic mass is 9.91. The SMILES string of the molecule is CC1(C)C(=O)NC(C2CC2)C(=O)N1C1CCCC1. The third kappa shape index (κ3) is 1.73. The first-order chi connectivity index (χ1) is 8.51. The number of hydrogen-bond acceptors (Lipinski definition) is 2. The topological polar surface area (TPSA) is 49.4 Å². The molecule has 2 amide bonds. The molecule has 3 rings (SSSR count). The molecular formula is C14H22N2O2. The number of carbonyl (C=O) groups is 2. The third-order valence-corrected chi connectivity index (χ3v) is 4.73. The van der Waals surface area contributed by atoms with Crippen molar-refractivity contribution in [2.75, 3.05) is 0 Å². The third-order valence-electron chi connectivity index (χ3n) is 4.73. The van der Waals surface area contributed by atoms with Crippen molar-refractivity contribution < 1.29 is 9.59 Å². The second-order valence-electron chi connectivity index (χ2n) is 6.49. The van der Waals surface area contributed by atoms with E-state index in [0.29, 0.717) is 5.92 Å². The number of rotatable bonds is 2. The Bertz CT molecular complexity index is 381. The van der Waals surface area contributed by atoms with Crippen LogP contribution in [-0.4, -0.2) is 34.3 Å². The minimum atomic E-state index is -0.683. The highest BCUT2D eigenvalue weighted by molar-refractivity contribution is 5.99. The zero-order valence-electron chi connectivity index (χ0n) is 11.2. The molecule has 2 aliphatic carbocycles. The van der Waals surface area contributed by atoms with Crippen LogP contribution in [0, 0.1) is 5.92 Å². The first kappa shape index (κ1) is 12.0. The van der Waals surface area contributed by atoms with Crippen LogP contribution in [0.2, 0.25) is 0 Å². The van der Waals surface area contributed by atoms with Gasteiger partial charge in [-0.2, -0.15) is 0 Å². The van der Waals surface area contributed by atoms with Gasteiger partial charge in [-0.05, 0) is 45.4 Å². The summed E-state index contributed by atoms with van der Waals surface area (Å²) < 4.78 is 0. The summed E-state index contributed by atoms with van der Waals surface area (Å²) in [5, 5.41) is 2.94. The summed E-state index contributed by atoms with van der Waals surface area (Å²) in [5.41, 5.74) is -0.683. The molecule has 4 heteroatoms. The molecule has 0 bridgehead atoms. The first-order valence-corrected chi connectivity index (χ1v) is 7.16. The molecule has 1 atom stereocenters. The van der Waals surface area contributed by atoms with Gasteiger partial charge in [0.25, 0.3) is 0 Å². The minimum Gasteiger partial charge on any atom is -0.342 e. The maximum atomic E-state index is 12.7. The Labute approximate surface area is 108 Å². The van der Waals surface area contributed by atoms with E-state index in [9.17, 15) is 9.59 Å². The zero-order valence-corrected chi connectivity index (χ0v) is 11.2. The van der Waals surface area contributed by atoms with Crippen molar-refractivity contribution in [3.63, 3.8) is 0 Å². The van der Waals surface area contributed by atoms with Crippen molar-refractivity contribution in [3.8, 4) is 0 Å². The average molecular weight is 250 g/mol. The van der Waals surface area contributed by atoms with E-state index in [0.717, 1.165) is 25.7 Å². The van der Waals surface area contributed by atoms with E-state index in [-0.39, 0.29) is 23.9 Å². The lowest BCUT2D eigenvalue weighted by Gasteiger charge is -2.47.